The van der Waals surface area contributed by atoms with Crippen molar-refractivity contribution in [2.45, 2.75) is 6.61 Å². The molecule has 0 aliphatic carbocycles. The highest BCUT2D eigenvalue weighted by Crippen LogP contribution is 2.25. The van der Waals surface area contributed by atoms with Gasteiger partial charge in [0, 0.05) is 26.2 Å². The monoisotopic (exact) mass is 448 g/mol. The zero-order chi connectivity index (χ0) is 20.8. The van der Waals surface area contributed by atoms with Gasteiger partial charge in [0.2, 0.25) is 0 Å². The molecule has 7 heteroatoms. The summed E-state index contributed by atoms with van der Waals surface area (Å²) >= 11 is 17.8. The summed E-state index contributed by atoms with van der Waals surface area (Å²) in [6.07, 6.45) is 0. The number of para-hydroxylation sites is 1. The first-order valence-corrected chi connectivity index (χ1v) is 9.69. The van der Waals surface area contributed by atoms with Crippen molar-refractivity contribution in [3.63, 3.8) is 0 Å². The van der Waals surface area contributed by atoms with Gasteiger partial charge in [-0.05, 0) is 48.5 Å². The Bertz CT molecular complexity index is 1030. The van der Waals surface area contributed by atoms with Gasteiger partial charge >= 0.3 is 5.97 Å². The molecule has 0 atom stereocenters. The molecular weight excluding hydrogens is 435 g/mol. The lowest BCUT2D eigenvalue weighted by molar-refractivity contribution is 0.0470. The first kappa shape index (κ1) is 21.2. The number of benzene rings is 3. The number of Topliss-reactive ketones (excluding diaryl/α,β-unsaturated/α-hetero) is 1. The lowest BCUT2D eigenvalue weighted by Crippen LogP contribution is -2.15. The van der Waals surface area contributed by atoms with Crippen molar-refractivity contribution in [3.05, 3.63) is 98.5 Å². The average molecular weight is 450 g/mol. The Morgan fingerprint density at radius 2 is 1.52 bits per heavy atom. The molecule has 0 radical (unpaired) electrons. The molecule has 3 aromatic carbocycles. The quantitative estimate of drug-likeness (QED) is 0.315. The molecule has 0 aliphatic heterocycles. The molecule has 0 aromatic heterocycles. The summed E-state index contributed by atoms with van der Waals surface area (Å²) in [5, 5.41) is 1.50. The molecule has 0 fully saturated rings. The van der Waals surface area contributed by atoms with Gasteiger partial charge in [-0.25, -0.2) is 4.79 Å². The first-order valence-electron chi connectivity index (χ1n) is 8.55. The minimum absolute atomic E-state index is 0.143. The van der Waals surface area contributed by atoms with Crippen LogP contribution in [-0.2, 0) is 11.3 Å². The fourth-order valence-electron chi connectivity index (χ4n) is 2.48. The van der Waals surface area contributed by atoms with Crippen molar-refractivity contribution >= 4 is 46.6 Å². The van der Waals surface area contributed by atoms with E-state index in [0.717, 1.165) is 5.56 Å². The second kappa shape index (κ2) is 9.79. The van der Waals surface area contributed by atoms with Gasteiger partial charge in [-0.15, -0.1) is 0 Å². The molecule has 148 valence electrons. The second-order valence-electron chi connectivity index (χ2n) is 6.03. The highest BCUT2D eigenvalue weighted by atomic mass is 35.5. The normalized spacial score (nSPS) is 10.4. The number of carbonyl (C=O) groups excluding carboxylic acids is 2. The van der Waals surface area contributed by atoms with E-state index in [0.29, 0.717) is 26.4 Å². The predicted octanol–water partition coefficient (Wildman–Crippen LogP) is 6.27. The maximum atomic E-state index is 12.5. The molecule has 0 amide bonds. The summed E-state index contributed by atoms with van der Waals surface area (Å²) in [6.45, 7) is -0.248. The minimum Gasteiger partial charge on any atom is -0.488 e. The third-order valence-corrected chi connectivity index (χ3v) is 4.84. The lowest BCUT2D eigenvalue weighted by atomic mass is 10.1. The number of hydrogen-bond acceptors (Lipinski definition) is 4. The summed E-state index contributed by atoms with van der Waals surface area (Å²) in [5.41, 5.74) is 1.34. The van der Waals surface area contributed by atoms with Crippen LogP contribution in [0.1, 0.15) is 26.3 Å². The topological polar surface area (TPSA) is 52.6 Å². The van der Waals surface area contributed by atoms with Crippen molar-refractivity contribution in [1.29, 1.82) is 0 Å². The zero-order valence-electron chi connectivity index (χ0n) is 15.0. The maximum absolute atomic E-state index is 12.5. The third-order valence-electron chi connectivity index (χ3n) is 4.01. The van der Waals surface area contributed by atoms with Gasteiger partial charge in [-0.1, -0.05) is 53.0 Å². The molecule has 4 nitrogen and oxygen atoms in total. The van der Waals surface area contributed by atoms with Crippen molar-refractivity contribution in [2.75, 3.05) is 6.61 Å². The van der Waals surface area contributed by atoms with Crippen LogP contribution in [0.4, 0.5) is 0 Å². The van der Waals surface area contributed by atoms with Crippen molar-refractivity contribution < 1.29 is 19.1 Å². The number of halogens is 3. The van der Waals surface area contributed by atoms with E-state index in [9.17, 15) is 9.59 Å². The molecular formula is C22H15Cl3O4. The summed E-state index contributed by atoms with van der Waals surface area (Å²) in [7, 11) is 0. The lowest BCUT2D eigenvalue weighted by Gasteiger charge is -2.12. The third kappa shape index (κ3) is 5.73. The largest absolute Gasteiger partial charge is 0.488 e. The Labute approximate surface area is 182 Å². The van der Waals surface area contributed by atoms with Crippen molar-refractivity contribution in [3.8, 4) is 5.75 Å². The van der Waals surface area contributed by atoms with E-state index < -0.39 is 12.6 Å². The van der Waals surface area contributed by atoms with Gasteiger partial charge in [0.1, 0.15) is 17.9 Å². The highest BCUT2D eigenvalue weighted by Gasteiger charge is 2.16. The molecule has 0 heterocycles. The molecule has 3 aromatic rings. The van der Waals surface area contributed by atoms with Gasteiger partial charge in [0.15, 0.2) is 12.4 Å². The average Bonchev–Trinajstić information content (AvgIpc) is 2.72. The number of esters is 1. The second-order valence-corrected chi connectivity index (χ2v) is 7.31. The Morgan fingerprint density at radius 3 is 2.24 bits per heavy atom. The van der Waals surface area contributed by atoms with E-state index in [1.165, 1.54) is 0 Å². The Morgan fingerprint density at radius 1 is 0.828 bits per heavy atom. The Hall–Kier alpha value is -2.53. The Kier molecular flexibility index (Phi) is 7.15. The number of ether oxygens (including phenoxy) is 2. The molecule has 29 heavy (non-hydrogen) atoms. The van der Waals surface area contributed by atoms with Crippen LogP contribution in [0, 0.1) is 0 Å². The Balaban J connectivity index is 1.65. The number of ketones is 1. The molecule has 0 bridgehead atoms. The predicted molar refractivity (Wildman–Crippen MR) is 113 cm³/mol. The van der Waals surface area contributed by atoms with Crippen LogP contribution in [0.25, 0.3) is 0 Å². The molecule has 0 saturated heterocycles. The maximum Gasteiger partial charge on any atom is 0.342 e. The smallest absolute Gasteiger partial charge is 0.342 e. The fraction of sp³-hybridized carbons (Fsp3) is 0.0909. The number of hydrogen-bond donors (Lipinski definition) is 0. The van der Waals surface area contributed by atoms with Crippen molar-refractivity contribution in [1.82, 2.24) is 0 Å². The summed E-state index contributed by atoms with van der Waals surface area (Å²) in [6, 6.07) is 18.0. The molecule has 0 aliphatic rings. The van der Waals surface area contributed by atoms with Crippen LogP contribution in [0.5, 0.6) is 5.75 Å². The molecule has 0 saturated carbocycles. The minimum atomic E-state index is -0.662. The summed E-state index contributed by atoms with van der Waals surface area (Å²) in [5.74, 6) is -0.672. The van der Waals surface area contributed by atoms with Gasteiger partial charge < -0.3 is 9.47 Å². The van der Waals surface area contributed by atoms with Crippen LogP contribution in [0.3, 0.4) is 0 Å². The number of carbonyl (C=O) groups is 2. The van der Waals surface area contributed by atoms with Crippen LogP contribution < -0.4 is 4.74 Å². The molecule has 0 spiro atoms. The standard InChI is InChI=1S/C22H15Cl3O4/c23-16-8-5-14(6-9-16)20(26)13-29-22(27)18-3-1-2-4-21(18)28-12-15-7-10-17(24)11-19(15)25/h1-11H,12-13H2. The van der Waals surface area contributed by atoms with Gasteiger partial charge in [0.25, 0.3) is 0 Å². The van der Waals surface area contributed by atoms with Gasteiger partial charge in [0.05, 0.1) is 0 Å². The van der Waals surface area contributed by atoms with Gasteiger partial charge in [-0.3, -0.25) is 4.79 Å². The SMILES string of the molecule is O=C(COC(=O)c1ccccc1OCc1ccc(Cl)cc1Cl)c1ccc(Cl)cc1. The van der Waals surface area contributed by atoms with E-state index >= 15 is 0 Å². The van der Waals surface area contributed by atoms with E-state index in [2.05, 4.69) is 0 Å². The first-order chi connectivity index (χ1) is 13.9. The molecule has 0 N–H and O–H groups in total. The van der Waals surface area contributed by atoms with Crippen LogP contribution >= 0.6 is 34.8 Å². The zero-order valence-corrected chi connectivity index (χ0v) is 17.3. The summed E-state index contributed by atoms with van der Waals surface area (Å²) < 4.78 is 10.9. The van der Waals surface area contributed by atoms with E-state index in [4.69, 9.17) is 44.3 Å². The number of rotatable bonds is 7. The molecule has 0 unspecified atom stereocenters. The van der Waals surface area contributed by atoms with Gasteiger partial charge in [-0.2, -0.15) is 0 Å². The van der Waals surface area contributed by atoms with Crippen LogP contribution in [0.15, 0.2) is 66.7 Å². The highest BCUT2D eigenvalue weighted by molar-refractivity contribution is 6.35. The molecule has 3 rings (SSSR count). The fourth-order valence-corrected chi connectivity index (χ4v) is 3.07. The van der Waals surface area contributed by atoms with E-state index in [-0.39, 0.29) is 18.0 Å². The van der Waals surface area contributed by atoms with E-state index in [1.54, 1.807) is 66.7 Å². The van der Waals surface area contributed by atoms with Crippen LogP contribution in [0.2, 0.25) is 15.1 Å². The van der Waals surface area contributed by atoms with E-state index in [1.807, 2.05) is 0 Å². The van der Waals surface area contributed by atoms with Crippen LogP contribution in [-0.4, -0.2) is 18.4 Å². The van der Waals surface area contributed by atoms with Crippen molar-refractivity contribution in [2.24, 2.45) is 0 Å². The summed E-state index contributed by atoms with van der Waals surface area (Å²) in [4.78, 5) is 24.6.